The van der Waals surface area contributed by atoms with Gasteiger partial charge in [-0.15, -0.1) is 26.3 Å². The first-order valence-electron chi connectivity index (χ1n) is 6.11. The molecule has 0 saturated heterocycles. The zero-order valence-corrected chi connectivity index (χ0v) is 12.3. The third kappa shape index (κ3) is 26.4. The van der Waals surface area contributed by atoms with Crippen LogP contribution in [-0.2, 0) is 23.7 Å². The molecule has 0 aromatic carbocycles. The number of carbonyl (C=O) groups excluding carboxylic acids is 1. The molecule has 0 bridgehead atoms. The highest BCUT2D eigenvalue weighted by Gasteiger charge is 1.96. The van der Waals surface area contributed by atoms with Gasteiger partial charge in [-0.3, -0.25) is 4.79 Å². The molecule has 0 aromatic heterocycles. The average molecular weight is 276 g/mol. The fourth-order valence-corrected chi connectivity index (χ4v) is 0.781. The summed E-state index contributed by atoms with van der Waals surface area (Å²) in [6.07, 6.45) is 0.403. The monoisotopic (exact) mass is 276 g/mol. The van der Waals surface area contributed by atoms with Crippen LogP contribution in [0.15, 0.2) is 26.3 Å². The van der Waals surface area contributed by atoms with Crippen LogP contribution in [0.25, 0.3) is 0 Å². The lowest BCUT2D eigenvalue weighted by Gasteiger charge is -2.05. The second-order valence-electron chi connectivity index (χ2n) is 2.79. The van der Waals surface area contributed by atoms with E-state index in [0.717, 1.165) is 0 Å². The van der Waals surface area contributed by atoms with Crippen molar-refractivity contribution in [1.82, 2.24) is 0 Å². The summed E-state index contributed by atoms with van der Waals surface area (Å²) >= 11 is 0. The van der Waals surface area contributed by atoms with Gasteiger partial charge in [-0.1, -0.05) is 6.92 Å². The predicted octanol–water partition coefficient (Wildman–Crippen LogP) is 2.22. The molecule has 114 valence electrons. The van der Waals surface area contributed by atoms with Crippen molar-refractivity contribution < 1.29 is 23.7 Å². The second-order valence-corrected chi connectivity index (χ2v) is 2.79. The maximum absolute atomic E-state index is 10.7. The van der Waals surface area contributed by atoms with Crippen molar-refractivity contribution in [2.24, 2.45) is 0 Å². The summed E-state index contributed by atoms with van der Waals surface area (Å²) in [4.78, 5) is 10.7. The van der Waals surface area contributed by atoms with Gasteiger partial charge in [0.15, 0.2) is 0 Å². The van der Waals surface area contributed by atoms with Gasteiger partial charge in [-0.25, -0.2) is 0 Å². The molecule has 0 aliphatic rings. The van der Waals surface area contributed by atoms with E-state index in [-0.39, 0.29) is 5.97 Å². The molecule has 0 aliphatic heterocycles. The summed E-state index contributed by atoms with van der Waals surface area (Å²) < 4.78 is 19.9. The third-order valence-electron chi connectivity index (χ3n) is 1.58. The van der Waals surface area contributed by atoms with E-state index in [1.807, 2.05) is 0 Å². The van der Waals surface area contributed by atoms with Crippen molar-refractivity contribution in [3.63, 3.8) is 0 Å². The van der Waals surface area contributed by atoms with Crippen LogP contribution in [0.3, 0.4) is 0 Å². The van der Waals surface area contributed by atoms with Crippen LogP contribution < -0.4 is 0 Å². The van der Waals surface area contributed by atoms with E-state index in [9.17, 15) is 4.79 Å². The topological polar surface area (TPSA) is 54.0 Å². The van der Waals surface area contributed by atoms with E-state index in [1.165, 1.54) is 0 Å². The molecular weight excluding hydrogens is 248 g/mol. The maximum atomic E-state index is 10.7. The van der Waals surface area contributed by atoms with Gasteiger partial charge in [-0.05, 0) is 0 Å². The first kappa shape index (κ1) is 23.0. The van der Waals surface area contributed by atoms with Gasteiger partial charge in [0, 0.05) is 13.5 Å². The fraction of sp³-hybridized carbons (Fsp3) is 0.643. The van der Waals surface area contributed by atoms with Crippen LogP contribution in [0.2, 0.25) is 0 Å². The number of carbonyl (C=O) groups is 1. The number of hydrogen-bond donors (Lipinski definition) is 0. The minimum Gasteiger partial charge on any atom is -0.463 e. The molecule has 0 rings (SSSR count). The quantitative estimate of drug-likeness (QED) is 0.348. The smallest absolute Gasteiger partial charge is 0.305 e. The Labute approximate surface area is 117 Å². The minimum absolute atomic E-state index is 0.199. The van der Waals surface area contributed by atoms with E-state index < -0.39 is 0 Å². The highest BCUT2D eigenvalue weighted by molar-refractivity contribution is 5.68. The van der Waals surface area contributed by atoms with Crippen LogP contribution in [0.1, 0.15) is 13.3 Å². The second kappa shape index (κ2) is 25.6. The summed E-state index contributed by atoms with van der Waals surface area (Å²) in [5.74, 6) is -0.199. The van der Waals surface area contributed by atoms with Crippen LogP contribution in [0.5, 0.6) is 0 Å². The normalized spacial score (nSPS) is 8.53. The number of ether oxygens (including phenoxy) is 4. The molecule has 5 heteroatoms. The van der Waals surface area contributed by atoms with Crippen LogP contribution in [-0.4, -0.2) is 52.7 Å². The van der Waals surface area contributed by atoms with E-state index in [1.54, 1.807) is 14.0 Å². The van der Waals surface area contributed by atoms with E-state index >= 15 is 0 Å². The van der Waals surface area contributed by atoms with Gasteiger partial charge in [0.25, 0.3) is 0 Å². The molecule has 0 heterocycles. The lowest BCUT2D eigenvalue weighted by atomic mass is 10.5. The highest BCUT2D eigenvalue weighted by atomic mass is 16.6. The lowest BCUT2D eigenvalue weighted by molar-refractivity contribution is -0.144. The van der Waals surface area contributed by atoms with Gasteiger partial charge in [0.2, 0.25) is 0 Å². The first-order chi connectivity index (χ1) is 9.31. The molecule has 0 radical (unpaired) electrons. The summed E-state index contributed by atoms with van der Waals surface area (Å²) in [5.41, 5.74) is 0. The molecule has 0 aliphatic carbocycles. The summed E-state index contributed by atoms with van der Waals surface area (Å²) in [6.45, 7) is 16.7. The van der Waals surface area contributed by atoms with Crippen molar-refractivity contribution in [2.45, 2.75) is 13.3 Å². The Morgan fingerprint density at radius 1 is 0.842 bits per heavy atom. The number of esters is 1. The Morgan fingerprint density at radius 2 is 1.26 bits per heavy atom. The summed E-state index contributed by atoms with van der Waals surface area (Å²) in [7, 11) is 1.63. The molecule has 0 N–H and O–H groups in total. The maximum Gasteiger partial charge on any atom is 0.305 e. The molecule has 0 saturated carbocycles. The molecule has 0 atom stereocenters. The van der Waals surface area contributed by atoms with E-state index in [4.69, 9.17) is 18.9 Å². The standard InChI is InChI=1S/C10H20O5.2C2H4/c1-3-10(11)15-9-8-14-7-6-13-5-4-12-2;2*1-2/h3-9H2,1-2H3;2*1-2H2. The Bertz CT molecular complexity index is 171. The lowest BCUT2D eigenvalue weighted by Crippen LogP contribution is -2.13. The van der Waals surface area contributed by atoms with Crippen molar-refractivity contribution in [2.75, 3.05) is 46.8 Å². The van der Waals surface area contributed by atoms with Crippen LogP contribution in [0, 0.1) is 0 Å². The van der Waals surface area contributed by atoms with E-state index in [0.29, 0.717) is 46.1 Å². The Kier molecular flexibility index (Phi) is 31.0. The largest absolute Gasteiger partial charge is 0.463 e. The van der Waals surface area contributed by atoms with Gasteiger partial charge < -0.3 is 18.9 Å². The van der Waals surface area contributed by atoms with Crippen molar-refractivity contribution in [1.29, 1.82) is 0 Å². The number of hydrogen-bond acceptors (Lipinski definition) is 5. The molecule has 19 heavy (non-hydrogen) atoms. The van der Waals surface area contributed by atoms with Crippen molar-refractivity contribution in [3.05, 3.63) is 26.3 Å². The average Bonchev–Trinajstić information content (AvgIpc) is 2.49. The first-order valence-corrected chi connectivity index (χ1v) is 6.11. The molecule has 0 fully saturated rings. The number of methoxy groups -OCH3 is 1. The Morgan fingerprint density at radius 3 is 1.68 bits per heavy atom. The zero-order chi connectivity index (χ0) is 15.4. The molecule has 0 amide bonds. The Balaban J connectivity index is -0.000000579. The molecular formula is C14H28O5. The molecule has 0 spiro atoms. The van der Waals surface area contributed by atoms with Crippen LogP contribution in [0.4, 0.5) is 0 Å². The summed E-state index contributed by atoms with van der Waals surface area (Å²) in [5, 5.41) is 0. The predicted molar refractivity (Wildman–Crippen MR) is 77.3 cm³/mol. The zero-order valence-electron chi connectivity index (χ0n) is 12.3. The SMILES string of the molecule is C=C.C=C.CCC(=O)OCCOCCOCCOC. The van der Waals surface area contributed by atoms with Gasteiger partial charge in [-0.2, -0.15) is 0 Å². The third-order valence-corrected chi connectivity index (χ3v) is 1.58. The highest BCUT2D eigenvalue weighted by Crippen LogP contribution is 1.85. The fourth-order valence-electron chi connectivity index (χ4n) is 0.781. The molecule has 0 aromatic rings. The van der Waals surface area contributed by atoms with Crippen molar-refractivity contribution in [3.8, 4) is 0 Å². The molecule has 5 nitrogen and oxygen atoms in total. The van der Waals surface area contributed by atoms with Crippen molar-refractivity contribution >= 4 is 5.97 Å². The minimum atomic E-state index is -0.199. The number of rotatable bonds is 10. The summed E-state index contributed by atoms with van der Waals surface area (Å²) in [6, 6.07) is 0. The van der Waals surface area contributed by atoms with Gasteiger partial charge in [0.05, 0.1) is 33.0 Å². The van der Waals surface area contributed by atoms with Crippen LogP contribution >= 0.6 is 0 Å². The molecule has 0 unspecified atom stereocenters. The van der Waals surface area contributed by atoms with E-state index in [2.05, 4.69) is 26.3 Å². The van der Waals surface area contributed by atoms with Gasteiger partial charge in [0.1, 0.15) is 6.61 Å². The Hall–Kier alpha value is -1.17. The van der Waals surface area contributed by atoms with Gasteiger partial charge >= 0.3 is 5.97 Å².